The standard InChI is InChI=1S/C11H13NS2/c1-2-4-10(5-3-1)6-13-7-11-8-14-9-12-11/h1-5,9,11H,6-8H2. The molecule has 1 unspecified atom stereocenters. The van der Waals surface area contributed by atoms with E-state index in [2.05, 4.69) is 35.3 Å². The molecule has 1 aliphatic rings. The fraction of sp³-hybridized carbons (Fsp3) is 0.364. The average Bonchev–Trinajstić information content (AvgIpc) is 2.72. The van der Waals surface area contributed by atoms with Crippen molar-refractivity contribution in [3.63, 3.8) is 0 Å². The van der Waals surface area contributed by atoms with Crippen LogP contribution in [0.4, 0.5) is 0 Å². The summed E-state index contributed by atoms with van der Waals surface area (Å²) in [5.41, 5.74) is 3.39. The maximum Gasteiger partial charge on any atom is 0.0690 e. The quantitative estimate of drug-likeness (QED) is 0.778. The molecule has 1 aromatic rings. The van der Waals surface area contributed by atoms with Crippen molar-refractivity contribution in [2.75, 3.05) is 11.5 Å². The van der Waals surface area contributed by atoms with Crippen LogP contribution in [0.1, 0.15) is 5.56 Å². The SMILES string of the molecule is C1=NC(CSCc2ccccc2)CS1. The molecule has 0 amide bonds. The summed E-state index contributed by atoms with van der Waals surface area (Å²) in [5.74, 6) is 3.43. The molecule has 0 spiro atoms. The van der Waals surface area contributed by atoms with Crippen LogP contribution in [0.25, 0.3) is 0 Å². The lowest BCUT2D eigenvalue weighted by Gasteiger charge is -2.05. The molecule has 1 atom stereocenters. The van der Waals surface area contributed by atoms with Gasteiger partial charge in [-0.1, -0.05) is 30.3 Å². The first-order valence-corrected chi connectivity index (χ1v) is 6.90. The highest BCUT2D eigenvalue weighted by Crippen LogP contribution is 2.18. The summed E-state index contributed by atoms with van der Waals surface area (Å²) in [6.07, 6.45) is 0. The van der Waals surface area contributed by atoms with Gasteiger partial charge in [-0.05, 0) is 5.56 Å². The van der Waals surface area contributed by atoms with Crippen LogP contribution in [0, 0.1) is 0 Å². The second-order valence-electron chi connectivity index (χ2n) is 3.24. The van der Waals surface area contributed by atoms with E-state index in [-0.39, 0.29) is 0 Å². The minimum absolute atomic E-state index is 0.550. The highest BCUT2D eigenvalue weighted by Gasteiger charge is 2.10. The molecule has 74 valence electrons. The number of nitrogens with zero attached hydrogens (tertiary/aromatic N) is 1. The molecule has 0 N–H and O–H groups in total. The van der Waals surface area contributed by atoms with Crippen molar-refractivity contribution in [1.29, 1.82) is 0 Å². The third-order valence-electron chi connectivity index (χ3n) is 2.06. The van der Waals surface area contributed by atoms with Crippen LogP contribution in [0.5, 0.6) is 0 Å². The molecular formula is C11H13NS2. The third kappa shape index (κ3) is 3.07. The fourth-order valence-corrected chi connectivity index (χ4v) is 3.25. The van der Waals surface area contributed by atoms with E-state index < -0.39 is 0 Å². The van der Waals surface area contributed by atoms with Crippen LogP contribution in [0.2, 0.25) is 0 Å². The summed E-state index contributed by atoms with van der Waals surface area (Å²) in [4.78, 5) is 4.38. The van der Waals surface area contributed by atoms with Crippen molar-refractivity contribution >= 4 is 29.1 Å². The summed E-state index contributed by atoms with van der Waals surface area (Å²) >= 11 is 3.80. The predicted octanol–water partition coefficient (Wildman–Crippen LogP) is 3.06. The van der Waals surface area contributed by atoms with Gasteiger partial charge >= 0.3 is 0 Å². The van der Waals surface area contributed by atoms with Gasteiger partial charge in [0.2, 0.25) is 0 Å². The Balaban J connectivity index is 1.70. The highest BCUT2D eigenvalue weighted by molar-refractivity contribution is 8.12. The van der Waals surface area contributed by atoms with Gasteiger partial charge in [0.05, 0.1) is 11.6 Å². The van der Waals surface area contributed by atoms with E-state index in [0.717, 1.165) is 11.5 Å². The zero-order valence-corrected chi connectivity index (χ0v) is 9.56. The Bertz CT molecular complexity index is 297. The zero-order valence-electron chi connectivity index (χ0n) is 7.93. The summed E-state index contributed by atoms with van der Waals surface area (Å²) < 4.78 is 0. The van der Waals surface area contributed by atoms with Crippen molar-refractivity contribution < 1.29 is 0 Å². The molecule has 0 aliphatic carbocycles. The number of benzene rings is 1. The Morgan fingerprint density at radius 1 is 1.36 bits per heavy atom. The van der Waals surface area contributed by atoms with Crippen molar-refractivity contribution in [1.82, 2.24) is 0 Å². The lowest BCUT2D eigenvalue weighted by atomic mass is 10.2. The molecule has 0 radical (unpaired) electrons. The van der Waals surface area contributed by atoms with Gasteiger partial charge in [0.15, 0.2) is 0 Å². The number of rotatable bonds is 4. The second kappa shape index (κ2) is 5.47. The smallest absolute Gasteiger partial charge is 0.0690 e. The molecule has 0 bridgehead atoms. The van der Waals surface area contributed by atoms with Crippen LogP contribution in [0.15, 0.2) is 35.3 Å². The second-order valence-corrected chi connectivity index (χ2v) is 5.15. The van der Waals surface area contributed by atoms with Gasteiger partial charge in [0, 0.05) is 17.3 Å². The van der Waals surface area contributed by atoms with E-state index >= 15 is 0 Å². The number of hydrogen-bond acceptors (Lipinski definition) is 3. The van der Waals surface area contributed by atoms with Crippen LogP contribution in [-0.2, 0) is 5.75 Å². The van der Waals surface area contributed by atoms with Crippen LogP contribution < -0.4 is 0 Å². The molecule has 0 saturated carbocycles. The van der Waals surface area contributed by atoms with Gasteiger partial charge in [-0.2, -0.15) is 11.8 Å². The molecule has 1 aliphatic heterocycles. The minimum Gasteiger partial charge on any atom is -0.281 e. The number of hydrogen-bond donors (Lipinski definition) is 0. The minimum atomic E-state index is 0.550. The molecule has 14 heavy (non-hydrogen) atoms. The number of aliphatic imine (C=N–C) groups is 1. The van der Waals surface area contributed by atoms with E-state index in [4.69, 9.17) is 0 Å². The molecule has 1 nitrogen and oxygen atoms in total. The molecule has 1 aromatic carbocycles. The normalized spacial score (nSPS) is 20.1. The van der Waals surface area contributed by atoms with E-state index in [1.165, 1.54) is 11.3 Å². The van der Waals surface area contributed by atoms with Crippen molar-refractivity contribution in [2.45, 2.75) is 11.8 Å². The average molecular weight is 223 g/mol. The monoisotopic (exact) mass is 223 g/mol. The van der Waals surface area contributed by atoms with Crippen LogP contribution >= 0.6 is 23.5 Å². The van der Waals surface area contributed by atoms with Gasteiger partial charge in [-0.15, -0.1) is 11.8 Å². The molecule has 0 aromatic heterocycles. The molecular weight excluding hydrogens is 210 g/mol. The van der Waals surface area contributed by atoms with Crippen LogP contribution in [-0.4, -0.2) is 23.1 Å². The van der Waals surface area contributed by atoms with E-state index in [0.29, 0.717) is 6.04 Å². The first kappa shape index (κ1) is 10.1. The van der Waals surface area contributed by atoms with Crippen molar-refractivity contribution in [3.8, 4) is 0 Å². The van der Waals surface area contributed by atoms with E-state index in [1.54, 1.807) is 0 Å². The Morgan fingerprint density at radius 2 is 2.21 bits per heavy atom. The third-order valence-corrected chi connectivity index (χ3v) is 4.06. The summed E-state index contributed by atoms with van der Waals surface area (Å²) in [5, 5.41) is 0. The predicted molar refractivity (Wildman–Crippen MR) is 67.3 cm³/mol. The first-order chi connectivity index (χ1) is 6.95. The van der Waals surface area contributed by atoms with E-state index in [1.807, 2.05) is 29.1 Å². The molecule has 0 saturated heterocycles. The van der Waals surface area contributed by atoms with Gasteiger partial charge in [-0.25, -0.2) is 0 Å². The highest BCUT2D eigenvalue weighted by atomic mass is 32.2. The maximum absolute atomic E-state index is 4.38. The summed E-state index contributed by atoms with van der Waals surface area (Å²) in [7, 11) is 0. The largest absolute Gasteiger partial charge is 0.281 e. The Labute approximate surface area is 93.4 Å². The van der Waals surface area contributed by atoms with Crippen molar-refractivity contribution in [3.05, 3.63) is 35.9 Å². The van der Waals surface area contributed by atoms with Gasteiger partial charge in [0.25, 0.3) is 0 Å². The van der Waals surface area contributed by atoms with E-state index in [9.17, 15) is 0 Å². The maximum atomic E-state index is 4.38. The molecule has 2 rings (SSSR count). The Hall–Kier alpha value is -0.410. The lowest BCUT2D eigenvalue weighted by Crippen LogP contribution is -2.06. The summed E-state index contributed by atoms with van der Waals surface area (Å²) in [6, 6.07) is 11.2. The molecule has 0 fully saturated rings. The Kier molecular flexibility index (Phi) is 3.95. The topological polar surface area (TPSA) is 12.4 Å². The lowest BCUT2D eigenvalue weighted by molar-refractivity contribution is 0.881. The molecule has 1 heterocycles. The molecule has 3 heteroatoms. The zero-order chi connectivity index (χ0) is 9.64. The first-order valence-electron chi connectivity index (χ1n) is 4.70. The van der Waals surface area contributed by atoms with Crippen molar-refractivity contribution in [2.24, 2.45) is 4.99 Å². The number of thioether (sulfide) groups is 2. The fourth-order valence-electron chi connectivity index (χ4n) is 1.30. The van der Waals surface area contributed by atoms with Gasteiger partial charge < -0.3 is 0 Å². The van der Waals surface area contributed by atoms with Gasteiger partial charge in [-0.3, -0.25) is 4.99 Å². The van der Waals surface area contributed by atoms with Crippen LogP contribution in [0.3, 0.4) is 0 Å². The summed E-state index contributed by atoms with van der Waals surface area (Å²) in [6.45, 7) is 0. The van der Waals surface area contributed by atoms with Gasteiger partial charge in [0.1, 0.15) is 0 Å². The Morgan fingerprint density at radius 3 is 2.93 bits per heavy atom.